The van der Waals surface area contributed by atoms with Gasteiger partial charge in [0.05, 0.1) is 5.02 Å². The third-order valence-electron chi connectivity index (χ3n) is 1.83. The van der Waals surface area contributed by atoms with E-state index in [0.29, 0.717) is 0 Å². The van der Waals surface area contributed by atoms with E-state index < -0.39 is 15.7 Å². The van der Waals surface area contributed by atoms with Crippen LogP contribution in [-0.4, -0.2) is 11.4 Å². The molecular weight excluding hydrogens is 334 g/mol. The van der Waals surface area contributed by atoms with Crippen LogP contribution in [0.4, 0.5) is 13.2 Å². The summed E-state index contributed by atoms with van der Waals surface area (Å²) < 4.78 is 34.4. The van der Waals surface area contributed by atoms with E-state index in [0.717, 1.165) is 18.2 Å². The van der Waals surface area contributed by atoms with E-state index in [1.54, 1.807) is 0 Å². The molecule has 1 amide bonds. The molecule has 0 unspecified atom stereocenters. The Morgan fingerprint density at radius 1 is 1.28 bits per heavy atom. The fourth-order valence-corrected chi connectivity index (χ4v) is 2.12. The molecule has 2 N–H and O–H groups in total. The number of hydrogen-bond donors (Lipinski definition) is 1. The molecule has 0 atom stereocenters. The standard InChI is InChI=1S/C9H5Cl3F3NOS/c10-5-3-4(8(11,12)7(16)17)1-2-6(5)18-9(13,14)15/h1-3H,(H2,16,17). The van der Waals surface area contributed by atoms with Gasteiger partial charge in [-0.1, -0.05) is 40.9 Å². The van der Waals surface area contributed by atoms with E-state index in [-0.39, 0.29) is 27.2 Å². The first-order valence-electron chi connectivity index (χ1n) is 4.27. The van der Waals surface area contributed by atoms with Crippen LogP contribution in [0.15, 0.2) is 23.1 Å². The van der Waals surface area contributed by atoms with Gasteiger partial charge >= 0.3 is 5.51 Å². The molecule has 18 heavy (non-hydrogen) atoms. The Bertz CT molecular complexity index is 479. The lowest BCUT2D eigenvalue weighted by molar-refractivity contribution is -0.118. The topological polar surface area (TPSA) is 43.1 Å². The lowest BCUT2D eigenvalue weighted by Crippen LogP contribution is -2.30. The minimum absolute atomic E-state index is 0.00913. The average Bonchev–Trinajstić information content (AvgIpc) is 2.18. The van der Waals surface area contributed by atoms with Crippen molar-refractivity contribution >= 4 is 52.5 Å². The predicted molar refractivity (Wildman–Crippen MR) is 65.9 cm³/mol. The molecule has 0 aliphatic heterocycles. The quantitative estimate of drug-likeness (QED) is 0.667. The van der Waals surface area contributed by atoms with Gasteiger partial charge in [-0.25, -0.2) is 0 Å². The molecule has 0 spiro atoms. The Morgan fingerprint density at radius 3 is 2.22 bits per heavy atom. The lowest BCUT2D eigenvalue weighted by atomic mass is 10.1. The van der Waals surface area contributed by atoms with Crippen molar-refractivity contribution in [1.82, 2.24) is 0 Å². The molecule has 1 aromatic rings. The lowest BCUT2D eigenvalue weighted by Gasteiger charge is -2.17. The number of halogens is 6. The molecular formula is C9H5Cl3F3NOS. The number of rotatable bonds is 3. The first-order valence-corrected chi connectivity index (χ1v) is 6.22. The van der Waals surface area contributed by atoms with Gasteiger partial charge in [0.15, 0.2) is 0 Å². The number of carbonyl (C=O) groups is 1. The van der Waals surface area contributed by atoms with Crippen molar-refractivity contribution in [2.45, 2.75) is 14.7 Å². The molecule has 1 rings (SSSR count). The summed E-state index contributed by atoms with van der Waals surface area (Å²) in [5, 5.41) is -0.221. The molecule has 0 aromatic heterocycles. The maximum Gasteiger partial charge on any atom is 0.446 e. The zero-order chi connectivity index (χ0) is 14.1. The highest BCUT2D eigenvalue weighted by atomic mass is 35.5. The summed E-state index contributed by atoms with van der Waals surface area (Å²) in [4.78, 5) is 10.8. The van der Waals surface area contributed by atoms with E-state index in [9.17, 15) is 18.0 Å². The fourth-order valence-electron chi connectivity index (χ4n) is 1.05. The van der Waals surface area contributed by atoms with Gasteiger partial charge in [-0.15, -0.1) is 0 Å². The van der Waals surface area contributed by atoms with Crippen molar-refractivity contribution in [1.29, 1.82) is 0 Å². The molecule has 0 saturated carbocycles. The van der Waals surface area contributed by atoms with Crippen LogP contribution in [0.2, 0.25) is 5.02 Å². The van der Waals surface area contributed by atoms with Crippen molar-refractivity contribution in [2.24, 2.45) is 5.73 Å². The van der Waals surface area contributed by atoms with Crippen molar-refractivity contribution in [3.8, 4) is 0 Å². The minimum Gasteiger partial charge on any atom is -0.367 e. The molecule has 0 saturated heterocycles. The Balaban J connectivity index is 3.11. The highest BCUT2D eigenvalue weighted by Gasteiger charge is 2.35. The van der Waals surface area contributed by atoms with Crippen LogP contribution >= 0.6 is 46.6 Å². The monoisotopic (exact) mass is 337 g/mol. The third-order valence-corrected chi connectivity index (χ3v) is 3.87. The predicted octanol–water partition coefficient (Wildman–Crippen LogP) is 4.07. The van der Waals surface area contributed by atoms with Crippen LogP contribution in [0.5, 0.6) is 0 Å². The summed E-state index contributed by atoms with van der Waals surface area (Å²) in [5.41, 5.74) is 0.506. The maximum atomic E-state index is 12.2. The normalized spacial score (nSPS) is 12.6. The number of amides is 1. The SMILES string of the molecule is NC(=O)C(Cl)(Cl)c1ccc(SC(F)(F)F)c(Cl)c1. The van der Waals surface area contributed by atoms with Gasteiger partial charge in [0.1, 0.15) is 0 Å². The zero-order valence-corrected chi connectivity index (χ0v) is 11.5. The summed E-state index contributed by atoms with van der Waals surface area (Å²) in [6, 6.07) is 3.30. The second-order valence-electron chi connectivity index (χ2n) is 3.13. The molecule has 0 bridgehead atoms. The number of carbonyl (C=O) groups excluding carboxylic acids is 1. The first-order chi connectivity index (χ1) is 8.04. The Labute approximate surface area is 120 Å². The third kappa shape index (κ3) is 3.85. The van der Waals surface area contributed by atoms with Gasteiger partial charge in [0.2, 0.25) is 4.33 Å². The summed E-state index contributed by atoms with van der Waals surface area (Å²) in [5.74, 6) is -1.04. The minimum atomic E-state index is -4.46. The second-order valence-corrected chi connectivity index (χ2v) is 5.97. The molecule has 0 heterocycles. The second kappa shape index (κ2) is 5.36. The van der Waals surface area contributed by atoms with Crippen LogP contribution in [0.3, 0.4) is 0 Å². The highest BCUT2D eigenvalue weighted by Crippen LogP contribution is 2.42. The molecule has 9 heteroatoms. The summed E-state index contributed by atoms with van der Waals surface area (Å²) in [6.07, 6.45) is 0. The van der Waals surface area contributed by atoms with Crippen LogP contribution in [0.25, 0.3) is 0 Å². The number of nitrogens with two attached hydrogens (primary N) is 1. The van der Waals surface area contributed by atoms with Crippen LogP contribution in [0.1, 0.15) is 5.56 Å². The number of thioether (sulfide) groups is 1. The molecule has 0 fully saturated rings. The zero-order valence-electron chi connectivity index (χ0n) is 8.39. The van der Waals surface area contributed by atoms with E-state index in [1.807, 2.05) is 0 Å². The van der Waals surface area contributed by atoms with Gasteiger partial charge in [-0.2, -0.15) is 13.2 Å². The van der Waals surface area contributed by atoms with E-state index in [4.69, 9.17) is 40.5 Å². The van der Waals surface area contributed by atoms with Crippen molar-refractivity contribution in [2.75, 3.05) is 0 Å². The Hall–Kier alpha value is -0.300. The summed E-state index contributed by atoms with van der Waals surface area (Å²) >= 11 is 16.6. The number of primary amides is 1. The molecule has 0 aliphatic rings. The molecule has 100 valence electrons. The molecule has 0 aliphatic carbocycles. The van der Waals surface area contributed by atoms with Gasteiger partial charge in [0, 0.05) is 4.90 Å². The smallest absolute Gasteiger partial charge is 0.367 e. The van der Waals surface area contributed by atoms with Gasteiger partial charge in [-0.05, 0) is 29.5 Å². The number of benzene rings is 1. The largest absolute Gasteiger partial charge is 0.446 e. The molecule has 0 radical (unpaired) electrons. The number of hydrogen-bond acceptors (Lipinski definition) is 2. The highest BCUT2D eigenvalue weighted by molar-refractivity contribution is 8.00. The van der Waals surface area contributed by atoms with Crippen molar-refractivity contribution in [3.63, 3.8) is 0 Å². The van der Waals surface area contributed by atoms with Crippen molar-refractivity contribution in [3.05, 3.63) is 28.8 Å². The average molecular weight is 339 g/mol. The number of alkyl halides is 5. The van der Waals surface area contributed by atoms with Crippen LogP contribution in [0, 0.1) is 0 Å². The van der Waals surface area contributed by atoms with E-state index in [2.05, 4.69) is 0 Å². The summed E-state index contributed by atoms with van der Waals surface area (Å²) in [7, 11) is 0. The Kier molecular flexibility index (Phi) is 4.70. The molecule has 1 aromatic carbocycles. The van der Waals surface area contributed by atoms with E-state index >= 15 is 0 Å². The van der Waals surface area contributed by atoms with Gasteiger partial charge in [0.25, 0.3) is 5.91 Å². The van der Waals surface area contributed by atoms with Crippen LogP contribution < -0.4 is 5.73 Å². The van der Waals surface area contributed by atoms with Gasteiger partial charge in [-0.3, -0.25) is 4.79 Å². The Morgan fingerprint density at radius 2 is 1.83 bits per heavy atom. The summed E-state index contributed by atoms with van der Waals surface area (Å²) in [6.45, 7) is 0. The van der Waals surface area contributed by atoms with Gasteiger partial charge < -0.3 is 5.73 Å². The van der Waals surface area contributed by atoms with Crippen molar-refractivity contribution < 1.29 is 18.0 Å². The van der Waals surface area contributed by atoms with Crippen LogP contribution in [-0.2, 0) is 9.13 Å². The first kappa shape index (κ1) is 15.8. The maximum absolute atomic E-state index is 12.2. The molecule has 2 nitrogen and oxygen atoms in total. The van der Waals surface area contributed by atoms with E-state index in [1.165, 1.54) is 0 Å². The fraction of sp³-hybridized carbons (Fsp3) is 0.222.